The molecule has 0 aromatic carbocycles. The van der Waals surface area contributed by atoms with E-state index in [-0.39, 0.29) is 6.61 Å². The van der Waals surface area contributed by atoms with E-state index in [1.807, 2.05) is 0 Å². The summed E-state index contributed by atoms with van der Waals surface area (Å²) >= 11 is 0. The van der Waals surface area contributed by atoms with Gasteiger partial charge in [0, 0.05) is 40.1 Å². The zero-order chi connectivity index (χ0) is 20.8. The number of hydrogen-bond donors (Lipinski definition) is 0. The van der Waals surface area contributed by atoms with Gasteiger partial charge >= 0.3 is 23.9 Å². The van der Waals surface area contributed by atoms with Gasteiger partial charge in [-0.05, 0) is 12.1 Å². The third-order valence-corrected chi connectivity index (χ3v) is 3.92. The van der Waals surface area contributed by atoms with E-state index in [4.69, 9.17) is 23.7 Å². The first-order valence-corrected chi connectivity index (χ1v) is 8.62. The Bertz CT molecular complexity index is 715. The number of rotatable bonds is 6. The van der Waals surface area contributed by atoms with Crippen LogP contribution in [0.25, 0.3) is 0 Å². The Kier molecular flexibility index (Phi) is 7.16. The number of nitrogens with zero attached hydrogens (tertiary/aromatic N) is 1. The van der Waals surface area contributed by atoms with E-state index in [0.717, 1.165) is 0 Å². The lowest BCUT2D eigenvalue weighted by atomic mass is 9.96. The fourth-order valence-electron chi connectivity index (χ4n) is 3.01. The highest BCUT2D eigenvalue weighted by molar-refractivity contribution is 5.68. The van der Waals surface area contributed by atoms with Gasteiger partial charge < -0.3 is 28.3 Å². The predicted molar refractivity (Wildman–Crippen MR) is 91.6 cm³/mol. The van der Waals surface area contributed by atoms with E-state index in [9.17, 15) is 19.2 Å². The van der Waals surface area contributed by atoms with E-state index >= 15 is 0 Å². The highest BCUT2D eigenvalue weighted by Gasteiger charge is 2.52. The Balaban J connectivity index is 2.46. The summed E-state index contributed by atoms with van der Waals surface area (Å²) in [5, 5.41) is 0. The van der Waals surface area contributed by atoms with Crippen LogP contribution in [0.4, 0.5) is 0 Å². The molecular weight excluding hydrogens is 374 g/mol. The summed E-state index contributed by atoms with van der Waals surface area (Å²) < 4.78 is 28.5. The van der Waals surface area contributed by atoms with Crippen LogP contribution in [-0.2, 0) is 42.9 Å². The van der Waals surface area contributed by atoms with Gasteiger partial charge in [0.25, 0.3) is 0 Å². The van der Waals surface area contributed by atoms with Crippen LogP contribution in [0.1, 0.15) is 33.7 Å². The summed E-state index contributed by atoms with van der Waals surface area (Å²) in [6, 6.07) is 2.61. The first kappa shape index (κ1) is 21.4. The quantitative estimate of drug-likeness (QED) is 0.506. The molecule has 0 unspecified atom stereocenters. The van der Waals surface area contributed by atoms with Crippen molar-refractivity contribution in [2.45, 2.75) is 58.3 Å². The van der Waals surface area contributed by atoms with Gasteiger partial charge in [-0.25, -0.2) is 0 Å². The van der Waals surface area contributed by atoms with Crippen LogP contribution in [0.3, 0.4) is 0 Å². The maximum Gasteiger partial charge on any atom is 0.305 e. The number of ether oxygens (including phenoxy) is 5. The second kappa shape index (κ2) is 9.36. The molecule has 2 rings (SSSR count). The predicted octanol–water partition coefficient (Wildman–Crippen LogP) is 0.744. The van der Waals surface area contributed by atoms with Gasteiger partial charge in [-0.2, -0.15) is 0 Å². The minimum Gasteiger partial charge on any atom is -0.463 e. The van der Waals surface area contributed by atoms with E-state index < -0.39 is 54.5 Å². The molecule has 1 aliphatic heterocycles. The lowest BCUT2D eigenvalue weighted by Gasteiger charge is -2.44. The lowest BCUT2D eigenvalue weighted by Crippen LogP contribution is -2.59. The normalized spacial score (nSPS) is 26.8. The molecule has 1 aromatic heterocycles. The number of esters is 4. The smallest absolute Gasteiger partial charge is 0.305 e. The van der Waals surface area contributed by atoms with Crippen molar-refractivity contribution >= 4 is 23.9 Å². The number of carbonyl (C=O) groups is 4. The molecule has 0 bridgehead atoms. The zero-order valence-electron chi connectivity index (χ0n) is 16.0. The van der Waals surface area contributed by atoms with Crippen LogP contribution in [0.15, 0.2) is 24.5 Å². The van der Waals surface area contributed by atoms with Crippen molar-refractivity contribution in [3.8, 4) is 0 Å². The molecule has 1 aliphatic rings. The van der Waals surface area contributed by atoms with E-state index in [2.05, 4.69) is 0 Å². The molecule has 0 radical (unpaired) electrons. The fraction of sp³-hybridized carbons (Fsp3) is 0.556. The van der Waals surface area contributed by atoms with Gasteiger partial charge in [-0.1, -0.05) is 0 Å². The van der Waals surface area contributed by atoms with Gasteiger partial charge in [-0.3, -0.25) is 19.2 Å². The van der Waals surface area contributed by atoms with Gasteiger partial charge in [0.15, 0.2) is 12.2 Å². The fourth-order valence-corrected chi connectivity index (χ4v) is 3.01. The zero-order valence-corrected chi connectivity index (χ0v) is 16.0. The summed E-state index contributed by atoms with van der Waals surface area (Å²) in [5.41, 5.74) is 0. The van der Waals surface area contributed by atoms with Gasteiger partial charge in [0.2, 0.25) is 6.29 Å². The first-order valence-electron chi connectivity index (χ1n) is 8.62. The van der Waals surface area contributed by atoms with Crippen LogP contribution in [0.5, 0.6) is 0 Å². The van der Waals surface area contributed by atoms with Crippen molar-refractivity contribution < 1.29 is 42.9 Å². The molecule has 0 N–H and O–H groups in total. The number of aromatic nitrogens is 1. The minimum atomic E-state index is -1.18. The molecule has 1 aromatic rings. The van der Waals surface area contributed by atoms with Crippen LogP contribution in [-0.4, -0.2) is 59.7 Å². The Hall–Kier alpha value is -2.88. The van der Waals surface area contributed by atoms with Crippen molar-refractivity contribution in [2.75, 3.05) is 6.61 Å². The summed E-state index contributed by atoms with van der Waals surface area (Å²) in [6.07, 6.45) is -1.03. The molecule has 10 heteroatoms. The molecule has 1 fully saturated rings. The van der Waals surface area contributed by atoms with Gasteiger partial charge in [0.1, 0.15) is 18.8 Å². The van der Waals surface area contributed by atoms with E-state index in [0.29, 0.717) is 0 Å². The standard InChI is InChI=1S/C18H23NO9/c1-10(20)24-9-14-16(25-11(2)21)17(26-12(3)22)15(19-7-5-6-8-19)18(28-14)27-13(4)23/h5-8,14-18H,9H2,1-4H3/t14-,15-,16-,17-,18-/m1/s1. The Morgan fingerprint density at radius 2 is 1.36 bits per heavy atom. The molecular formula is C18H23NO9. The van der Waals surface area contributed by atoms with Crippen LogP contribution in [0, 0.1) is 0 Å². The maximum atomic E-state index is 11.8. The molecule has 0 aliphatic carbocycles. The highest BCUT2D eigenvalue weighted by Crippen LogP contribution is 2.35. The SMILES string of the molecule is CC(=O)OC[C@H]1O[C@@H](OC(C)=O)[C@H](n2cccc2)[C@@H](OC(C)=O)[C@@H]1OC(C)=O. The van der Waals surface area contributed by atoms with Gasteiger partial charge in [0.05, 0.1) is 0 Å². The average molecular weight is 397 g/mol. The molecule has 28 heavy (non-hydrogen) atoms. The highest BCUT2D eigenvalue weighted by atomic mass is 16.7. The second-order valence-corrected chi connectivity index (χ2v) is 6.22. The molecule has 0 saturated carbocycles. The summed E-state index contributed by atoms with van der Waals surface area (Å²) in [5.74, 6) is -2.48. The Morgan fingerprint density at radius 3 is 1.86 bits per heavy atom. The van der Waals surface area contributed by atoms with Crippen molar-refractivity contribution in [1.29, 1.82) is 0 Å². The van der Waals surface area contributed by atoms with Crippen molar-refractivity contribution in [3.63, 3.8) is 0 Å². The topological polar surface area (TPSA) is 119 Å². The summed E-state index contributed by atoms with van der Waals surface area (Å²) in [7, 11) is 0. The molecule has 1 saturated heterocycles. The minimum absolute atomic E-state index is 0.290. The average Bonchev–Trinajstić information content (AvgIpc) is 3.08. The molecule has 0 amide bonds. The monoisotopic (exact) mass is 397 g/mol. The summed E-state index contributed by atoms with van der Waals surface area (Å²) in [6.45, 7) is 4.52. The van der Waals surface area contributed by atoms with Crippen molar-refractivity contribution in [1.82, 2.24) is 4.57 Å². The third kappa shape index (κ3) is 5.56. The Morgan fingerprint density at radius 1 is 0.821 bits per heavy atom. The van der Waals surface area contributed by atoms with Gasteiger partial charge in [-0.15, -0.1) is 0 Å². The number of carbonyl (C=O) groups excluding carboxylic acids is 4. The molecule has 2 heterocycles. The molecule has 154 valence electrons. The lowest BCUT2D eigenvalue weighted by molar-refractivity contribution is -0.279. The second-order valence-electron chi connectivity index (χ2n) is 6.22. The van der Waals surface area contributed by atoms with Crippen molar-refractivity contribution in [2.24, 2.45) is 0 Å². The van der Waals surface area contributed by atoms with Crippen LogP contribution in [0.2, 0.25) is 0 Å². The van der Waals surface area contributed by atoms with Crippen LogP contribution >= 0.6 is 0 Å². The Labute approximate surface area is 161 Å². The summed E-state index contributed by atoms with van der Waals surface area (Å²) in [4.78, 5) is 46.2. The largest absolute Gasteiger partial charge is 0.463 e. The first-order chi connectivity index (χ1) is 13.2. The molecule has 0 spiro atoms. The van der Waals surface area contributed by atoms with E-state index in [1.54, 1.807) is 29.1 Å². The molecule has 10 nitrogen and oxygen atoms in total. The number of hydrogen-bond acceptors (Lipinski definition) is 9. The molecule has 5 atom stereocenters. The van der Waals surface area contributed by atoms with Crippen LogP contribution < -0.4 is 0 Å². The maximum absolute atomic E-state index is 11.8. The van der Waals surface area contributed by atoms with Crippen molar-refractivity contribution in [3.05, 3.63) is 24.5 Å². The van der Waals surface area contributed by atoms with E-state index in [1.165, 1.54) is 27.7 Å². The third-order valence-electron chi connectivity index (χ3n) is 3.92.